The van der Waals surface area contributed by atoms with Gasteiger partial charge < -0.3 is 14.1 Å². The van der Waals surface area contributed by atoms with Gasteiger partial charge in [0.1, 0.15) is 5.76 Å². The summed E-state index contributed by atoms with van der Waals surface area (Å²) in [4.78, 5) is 27.0. The van der Waals surface area contributed by atoms with E-state index in [1.165, 1.54) is 0 Å². The molecule has 2 amide bonds. The number of carbonyl (C=O) groups excluding carboxylic acids is 2. The second-order valence-electron chi connectivity index (χ2n) is 7.12. The van der Waals surface area contributed by atoms with Gasteiger partial charge in [-0.2, -0.15) is 5.10 Å². The van der Waals surface area contributed by atoms with Gasteiger partial charge in [0, 0.05) is 41.2 Å². The Morgan fingerprint density at radius 1 is 1.21 bits per heavy atom. The summed E-state index contributed by atoms with van der Waals surface area (Å²) >= 11 is 5.95. The first-order chi connectivity index (χ1) is 14.0. The Kier molecular flexibility index (Phi) is 5.69. The summed E-state index contributed by atoms with van der Waals surface area (Å²) in [7, 11) is 0. The Bertz CT molecular complexity index is 976. The van der Waals surface area contributed by atoms with Gasteiger partial charge in [-0.05, 0) is 38.0 Å². The van der Waals surface area contributed by atoms with Crippen LogP contribution in [0, 0.1) is 6.92 Å². The molecule has 0 radical (unpaired) electrons. The Balaban J connectivity index is 1.57. The van der Waals surface area contributed by atoms with Crippen molar-refractivity contribution in [3.05, 3.63) is 57.5 Å². The van der Waals surface area contributed by atoms with Crippen molar-refractivity contribution in [2.45, 2.75) is 26.2 Å². The highest BCUT2D eigenvalue weighted by Crippen LogP contribution is 2.30. The highest BCUT2D eigenvalue weighted by atomic mass is 35.5. The van der Waals surface area contributed by atoms with E-state index in [1.807, 2.05) is 6.92 Å². The van der Waals surface area contributed by atoms with Crippen LogP contribution in [0.25, 0.3) is 0 Å². The predicted octanol–water partition coefficient (Wildman–Crippen LogP) is 3.18. The summed E-state index contributed by atoms with van der Waals surface area (Å²) in [6.45, 7) is 4.05. The van der Waals surface area contributed by atoms with Crippen molar-refractivity contribution in [2.75, 3.05) is 26.3 Å². The molecule has 8 heteroatoms. The van der Waals surface area contributed by atoms with Crippen LogP contribution in [0.5, 0.6) is 0 Å². The van der Waals surface area contributed by atoms with Gasteiger partial charge >= 0.3 is 0 Å². The van der Waals surface area contributed by atoms with Crippen molar-refractivity contribution >= 4 is 29.1 Å². The molecule has 1 N–H and O–H groups in total. The summed E-state index contributed by atoms with van der Waals surface area (Å²) in [6, 6.07) is 6.69. The van der Waals surface area contributed by atoms with Crippen LogP contribution in [0.2, 0.25) is 5.02 Å². The number of morpholine rings is 1. The fourth-order valence-corrected chi connectivity index (χ4v) is 3.90. The fourth-order valence-electron chi connectivity index (χ4n) is 3.71. The van der Waals surface area contributed by atoms with Crippen LogP contribution < -0.4 is 5.43 Å². The van der Waals surface area contributed by atoms with E-state index in [2.05, 4.69) is 10.5 Å². The molecule has 1 saturated heterocycles. The molecule has 2 aromatic rings. The molecule has 0 bridgehead atoms. The van der Waals surface area contributed by atoms with Gasteiger partial charge in [0.05, 0.1) is 18.9 Å². The lowest BCUT2D eigenvalue weighted by Crippen LogP contribution is -2.40. The lowest BCUT2D eigenvalue weighted by Gasteiger charge is -2.26. The summed E-state index contributed by atoms with van der Waals surface area (Å²) in [5.41, 5.74) is 5.37. The van der Waals surface area contributed by atoms with Crippen LogP contribution in [0.15, 0.2) is 33.8 Å². The number of ether oxygens (including phenoxy) is 1. The van der Waals surface area contributed by atoms with Gasteiger partial charge in [0.2, 0.25) is 0 Å². The molecule has 1 aromatic carbocycles. The van der Waals surface area contributed by atoms with E-state index in [1.54, 1.807) is 29.2 Å². The molecule has 152 valence electrons. The molecule has 7 nitrogen and oxygen atoms in total. The minimum Gasteiger partial charge on any atom is -0.455 e. The van der Waals surface area contributed by atoms with Crippen molar-refractivity contribution in [1.29, 1.82) is 0 Å². The molecule has 2 aliphatic rings. The first-order valence-corrected chi connectivity index (χ1v) is 10.0. The second kappa shape index (κ2) is 8.39. The smallest absolute Gasteiger partial charge is 0.290 e. The molecule has 2 heterocycles. The second-order valence-corrected chi connectivity index (χ2v) is 7.56. The molecule has 1 aliphatic heterocycles. The molecular weight excluding hydrogens is 394 g/mol. The Hall–Kier alpha value is -2.64. The van der Waals surface area contributed by atoms with Crippen molar-refractivity contribution < 1.29 is 18.7 Å². The fraction of sp³-hybridized carbons (Fsp3) is 0.381. The molecule has 0 saturated carbocycles. The molecule has 0 atom stereocenters. The molecule has 0 spiro atoms. The maximum Gasteiger partial charge on any atom is 0.290 e. The summed E-state index contributed by atoms with van der Waals surface area (Å²) in [5.74, 6) is 0.647. The van der Waals surface area contributed by atoms with E-state index in [9.17, 15) is 9.59 Å². The van der Waals surface area contributed by atoms with Gasteiger partial charge in [-0.3, -0.25) is 9.59 Å². The zero-order valence-corrected chi connectivity index (χ0v) is 16.9. The minimum absolute atomic E-state index is 0.123. The maximum absolute atomic E-state index is 12.9. The molecule has 1 fully saturated rings. The zero-order chi connectivity index (χ0) is 20.4. The van der Waals surface area contributed by atoms with E-state index in [4.69, 9.17) is 20.8 Å². The third-order valence-electron chi connectivity index (χ3n) is 5.20. The number of benzene rings is 1. The number of carbonyl (C=O) groups is 2. The summed E-state index contributed by atoms with van der Waals surface area (Å²) in [6.07, 6.45) is 2.29. The molecule has 1 aliphatic carbocycles. The van der Waals surface area contributed by atoms with Crippen LogP contribution in [-0.2, 0) is 11.2 Å². The number of amides is 2. The van der Waals surface area contributed by atoms with E-state index in [0.717, 1.165) is 35.4 Å². The Morgan fingerprint density at radius 2 is 2.00 bits per heavy atom. The monoisotopic (exact) mass is 415 g/mol. The predicted molar refractivity (Wildman–Crippen MR) is 109 cm³/mol. The van der Waals surface area contributed by atoms with Crippen LogP contribution >= 0.6 is 11.6 Å². The van der Waals surface area contributed by atoms with E-state index in [-0.39, 0.29) is 11.8 Å². The maximum atomic E-state index is 12.9. The SMILES string of the molecule is Cc1c(C(=O)N2CCOCC2)oc2c1/C(=N/NC(=O)c1cccc(Cl)c1)CCC2. The van der Waals surface area contributed by atoms with Crippen molar-refractivity contribution in [3.63, 3.8) is 0 Å². The van der Waals surface area contributed by atoms with E-state index >= 15 is 0 Å². The van der Waals surface area contributed by atoms with Gasteiger partial charge in [0.25, 0.3) is 11.8 Å². The van der Waals surface area contributed by atoms with Crippen LogP contribution in [-0.4, -0.2) is 48.7 Å². The lowest BCUT2D eigenvalue weighted by molar-refractivity contribution is 0.0281. The normalized spacial score (nSPS) is 17.9. The van der Waals surface area contributed by atoms with E-state index < -0.39 is 0 Å². The quantitative estimate of drug-likeness (QED) is 0.780. The molecule has 0 unspecified atom stereocenters. The molecule has 1 aromatic heterocycles. The highest BCUT2D eigenvalue weighted by molar-refractivity contribution is 6.31. The number of hydrogen-bond donors (Lipinski definition) is 1. The third-order valence-corrected chi connectivity index (χ3v) is 5.43. The lowest BCUT2D eigenvalue weighted by atomic mass is 9.93. The third kappa shape index (κ3) is 4.06. The highest BCUT2D eigenvalue weighted by Gasteiger charge is 2.30. The zero-order valence-electron chi connectivity index (χ0n) is 16.2. The number of hydrazone groups is 1. The van der Waals surface area contributed by atoms with Crippen LogP contribution in [0.1, 0.15) is 50.6 Å². The van der Waals surface area contributed by atoms with Crippen molar-refractivity contribution in [2.24, 2.45) is 5.10 Å². The number of rotatable bonds is 3. The van der Waals surface area contributed by atoms with Gasteiger partial charge in [-0.1, -0.05) is 17.7 Å². The summed E-state index contributed by atoms with van der Waals surface area (Å²) in [5, 5.41) is 4.83. The van der Waals surface area contributed by atoms with Crippen molar-refractivity contribution in [1.82, 2.24) is 10.3 Å². The molecular formula is C21H22ClN3O4. The van der Waals surface area contributed by atoms with Crippen LogP contribution in [0.3, 0.4) is 0 Å². The van der Waals surface area contributed by atoms with Gasteiger partial charge in [0.15, 0.2) is 5.76 Å². The largest absolute Gasteiger partial charge is 0.455 e. The standard InChI is InChI=1S/C21H22ClN3O4/c1-13-18-16(23-24-20(26)14-4-2-5-15(22)12-14)6-3-7-17(18)29-19(13)21(27)25-8-10-28-11-9-25/h2,4-5,12H,3,6-11H2,1H3,(H,24,26)/b23-16+. The number of aryl methyl sites for hydroxylation is 1. The molecule has 29 heavy (non-hydrogen) atoms. The number of halogens is 1. The number of nitrogens with zero attached hydrogens (tertiary/aromatic N) is 2. The van der Waals surface area contributed by atoms with E-state index in [0.29, 0.717) is 49.1 Å². The molecule has 4 rings (SSSR count). The average molecular weight is 416 g/mol. The summed E-state index contributed by atoms with van der Waals surface area (Å²) < 4.78 is 11.3. The Labute approximate surface area is 173 Å². The first kappa shape index (κ1) is 19.7. The van der Waals surface area contributed by atoms with Gasteiger partial charge in [-0.25, -0.2) is 5.43 Å². The van der Waals surface area contributed by atoms with Crippen molar-refractivity contribution in [3.8, 4) is 0 Å². The number of nitrogens with one attached hydrogen (secondary N) is 1. The number of furan rings is 1. The number of hydrogen-bond acceptors (Lipinski definition) is 5. The van der Waals surface area contributed by atoms with Crippen LogP contribution in [0.4, 0.5) is 0 Å². The topological polar surface area (TPSA) is 84.1 Å². The van der Waals surface area contributed by atoms with Gasteiger partial charge in [-0.15, -0.1) is 0 Å². The number of fused-ring (bicyclic) bond motifs is 1. The average Bonchev–Trinajstić information content (AvgIpc) is 3.09. The first-order valence-electron chi connectivity index (χ1n) is 9.66. The Morgan fingerprint density at radius 3 is 2.76 bits per heavy atom. The minimum atomic E-state index is -0.335.